The number of rotatable bonds is 6. The summed E-state index contributed by atoms with van der Waals surface area (Å²) in [5.74, 6) is 0.264. The lowest BCUT2D eigenvalue weighted by atomic mass is 10.1. The van der Waals surface area contributed by atoms with Crippen LogP contribution in [0.2, 0.25) is 0 Å². The van der Waals surface area contributed by atoms with Crippen molar-refractivity contribution in [2.45, 2.75) is 13.3 Å². The molecule has 126 valence electrons. The minimum absolute atomic E-state index is 0.0605. The van der Waals surface area contributed by atoms with Crippen LogP contribution in [0.3, 0.4) is 0 Å². The van der Waals surface area contributed by atoms with E-state index in [9.17, 15) is 13.2 Å². The zero-order valence-electron chi connectivity index (χ0n) is 13.1. The summed E-state index contributed by atoms with van der Waals surface area (Å²) in [4.78, 5) is 11.9. The van der Waals surface area contributed by atoms with E-state index >= 15 is 0 Å². The quantitative estimate of drug-likeness (QED) is 0.615. The van der Waals surface area contributed by atoms with Gasteiger partial charge < -0.3 is 9.47 Å². The number of carbonyl (C=O) groups excluding carboxylic acids is 1. The molecule has 1 aliphatic heterocycles. The number of hydrazone groups is 1. The van der Waals surface area contributed by atoms with Gasteiger partial charge >= 0.3 is 0 Å². The van der Waals surface area contributed by atoms with E-state index in [1.54, 1.807) is 25.3 Å². The van der Waals surface area contributed by atoms with Gasteiger partial charge in [0.25, 0.3) is 0 Å². The van der Waals surface area contributed by atoms with Gasteiger partial charge in [-0.2, -0.15) is 5.10 Å². The fourth-order valence-electron chi connectivity index (χ4n) is 2.31. The van der Waals surface area contributed by atoms with Crippen LogP contribution in [0.15, 0.2) is 23.3 Å². The van der Waals surface area contributed by atoms with Gasteiger partial charge in [-0.05, 0) is 37.1 Å². The second-order valence-electron chi connectivity index (χ2n) is 5.18. The number of ether oxygens (including phenoxy) is 2. The molecule has 0 spiro atoms. The third-order valence-corrected chi connectivity index (χ3v) is 5.25. The van der Waals surface area contributed by atoms with E-state index in [1.165, 1.54) is 6.21 Å². The van der Waals surface area contributed by atoms with E-state index < -0.39 is 15.8 Å². The molecule has 1 saturated heterocycles. The van der Waals surface area contributed by atoms with Crippen LogP contribution in [0, 0.1) is 5.92 Å². The van der Waals surface area contributed by atoms with Crippen molar-refractivity contribution in [3.63, 3.8) is 0 Å². The van der Waals surface area contributed by atoms with E-state index in [0.717, 1.165) is 5.56 Å². The summed E-state index contributed by atoms with van der Waals surface area (Å²) in [6.07, 6.45) is 1.82. The summed E-state index contributed by atoms with van der Waals surface area (Å²) in [5.41, 5.74) is 3.12. The molecule has 0 aromatic heterocycles. The molecule has 0 bridgehead atoms. The van der Waals surface area contributed by atoms with Crippen molar-refractivity contribution in [2.24, 2.45) is 11.0 Å². The highest BCUT2D eigenvalue weighted by molar-refractivity contribution is 7.91. The highest BCUT2D eigenvalue weighted by atomic mass is 32.2. The normalized spacial score (nSPS) is 19.7. The molecule has 0 aliphatic carbocycles. The molecule has 1 amide bonds. The molecule has 0 unspecified atom stereocenters. The largest absolute Gasteiger partial charge is 0.493 e. The Balaban J connectivity index is 1.98. The molecule has 1 aromatic rings. The van der Waals surface area contributed by atoms with E-state index in [0.29, 0.717) is 24.5 Å². The SMILES string of the molecule is CCOc1cc(/C=N\NC(=O)[C@@H]2CCS(=O)(=O)C2)ccc1OC. The molecular formula is C15H20N2O5S. The van der Waals surface area contributed by atoms with E-state index in [1.807, 2.05) is 6.92 Å². The predicted octanol–water partition coefficient (Wildman–Crippen LogP) is 0.979. The van der Waals surface area contributed by atoms with Crippen molar-refractivity contribution in [2.75, 3.05) is 25.2 Å². The molecule has 2 rings (SSSR count). The molecule has 1 aromatic carbocycles. The van der Waals surface area contributed by atoms with Gasteiger partial charge in [0.05, 0.1) is 37.4 Å². The van der Waals surface area contributed by atoms with Crippen LogP contribution in [-0.4, -0.2) is 45.8 Å². The number of hydrogen-bond donors (Lipinski definition) is 1. The molecule has 23 heavy (non-hydrogen) atoms. The monoisotopic (exact) mass is 340 g/mol. The van der Waals surface area contributed by atoms with Crippen molar-refractivity contribution in [3.8, 4) is 11.5 Å². The van der Waals surface area contributed by atoms with Gasteiger partial charge in [-0.25, -0.2) is 13.8 Å². The Kier molecular flexibility index (Phi) is 5.59. The zero-order valence-corrected chi connectivity index (χ0v) is 13.9. The van der Waals surface area contributed by atoms with Crippen molar-refractivity contribution in [3.05, 3.63) is 23.8 Å². The van der Waals surface area contributed by atoms with Crippen LogP contribution in [-0.2, 0) is 14.6 Å². The maximum absolute atomic E-state index is 11.9. The lowest BCUT2D eigenvalue weighted by molar-refractivity contribution is -0.124. The Hall–Kier alpha value is -2.09. The summed E-state index contributed by atoms with van der Waals surface area (Å²) in [6.45, 7) is 2.37. The number of sulfone groups is 1. The molecule has 7 nitrogen and oxygen atoms in total. The molecule has 1 heterocycles. The highest BCUT2D eigenvalue weighted by Crippen LogP contribution is 2.27. The number of benzene rings is 1. The minimum Gasteiger partial charge on any atom is -0.493 e. The fourth-order valence-corrected chi connectivity index (χ4v) is 4.05. The Morgan fingerprint density at radius 1 is 1.43 bits per heavy atom. The van der Waals surface area contributed by atoms with Crippen molar-refractivity contribution in [1.29, 1.82) is 0 Å². The average Bonchev–Trinajstić information content (AvgIpc) is 2.88. The Morgan fingerprint density at radius 3 is 2.83 bits per heavy atom. The first-order valence-electron chi connectivity index (χ1n) is 7.29. The van der Waals surface area contributed by atoms with E-state index in [4.69, 9.17) is 9.47 Å². The molecular weight excluding hydrogens is 320 g/mol. The van der Waals surface area contributed by atoms with Gasteiger partial charge in [0, 0.05) is 0 Å². The third-order valence-electron chi connectivity index (χ3n) is 3.48. The van der Waals surface area contributed by atoms with Crippen LogP contribution < -0.4 is 14.9 Å². The zero-order chi connectivity index (χ0) is 16.9. The molecule has 8 heteroatoms. The molecule has 1 N–H and O–H groups in total. The van der Waals surface area contributed by atoms with E-state index in [2.05, 4.69) is 10.5 Å². The number of hydrogen-bond acceptors (Lipinski definition) is 6. The topological polar surface area (TPSA) is 94.1 Å². The summed E-state index contributed by atoms with van der Waals surface area (Å²) >= 11 is 0. The number of carbonyl (C=O) groups is 1. The summed E-state index contributed by atoms with van der Waals surface area (Å²) in [7, 11) is -1.52. The summed E-state index contributed by atoms with van der Waals surface area (Å²) in [5, 5.41) is 3.87. The lowest BCUT2D eigenvalue weighted by Gasteiger charge is -2.09. The number of nitrogens with one attached hydrogen (secondary N) is 1. The summed E-state index contributed by atoms with van der Waals surface area (Å²) < 4.78 is 33.4. The first-order chi connectivity index (χ1) is 10.9. The number of methoxy groups -OCH3 is 1. The lowest BCUT2D eigenvalue weighted by Crippen LogP contribution is -2.27. The van der Waals surface area contributed by atoms with Crippen LogP contribution in [0.4, 0.5) is 0 Å². The molecule has 0 saturated carbocycles. The Labute approximate surface area is 135 Å². The minimum atomic E-state index is -3.08. The van der Waals surface area contributed by atoms with Gasteiger partial charge in [-0.15, -0.1) is 0 Å². The Bertz CT molecular complexity index is 700. The molecule has 0 radical (unpaired) electrons. The maximum Gasteiger partial charge on any atom is 0.244 e. The number of amides is 1. The third kappa shape index (κ3) is 4.69. The second-order valence-corrected chi connectivity index (χ2v) is 7.41. The fraction of sp³-hybridized carbons (Fsp3) is 0.467. The van der Waals surface area contributed by atoms with Gasteiger partial charge in [0.2, 0.25) is 5.91 Å². The average molecular weight is 340 g/mol. The van der Waals surface area contributed by atoms with Crippen molar-refractivity contribution >= 4 is 22.0 Å². The second kappa shape index (κ2) is 7.45. The maximum atomic E-state index is 11.9. The van der Waals surface area contributed by atoms with Crippen molar-refractivity contribution < 1.29 is 22.7 Å². The Morgan fingerprint density at radius 2 is 2.22 bits per heavy atom. The van der Waals surface area contributed by atoms with Crippen LogP contribution >= 0.6 is 0 Å². The highest BCUT2D eigenvalue weighted by Gasteiger charge is 2.32. The summed E-state index contributed by atoms with van der Waals surface area (Å²) in [6, 6.07) is 5.27. The smallest absolute Gasteiger partial charge is 0.244 e. The van der Waals surface area contributed by atoms with Gasteiger partial charge in [0.15, 0.2) is 21.3 Å². The molecule has 1 atom stereocenters. The van der Waals surface area contributed by atoms with Gasteiger partial charge in [0.1, 0.15) is 0 Å². The van der Waals surface area contributed by atoms with Gasteiger partial charge in [-0.1, -0.05) is 0 Å². The van der Waals surface area contributed by atoms with Crippen LogP contribution in [0.1, 0.15) is 18.9 Å². The predicted molar refractivity (Wildman–Crippen MR) is 86.7 cm³/mol. The van der Waals surface area contributed by atoms with Crippen LogP contribution in [0.5, 0.6) is 11.5 Å². The first kappa shape index (κ1) is 17.3. The molecule has 1 fully saturated rings. The van der Waals surface area contributed by atoms with Crippen LogP contribution in [0.25, 0.3) is 0 Å². The van der Waals surface area contributed by atoms with E-state index in [-0.39, 0.29) is 17.4 Å². The standard InChI is InChI=1S/C15H20N2O5S/c1-3-22-14-8-11(4-5-13(14)21-2)9-16-17-15(18)12-6-7-23(19,20)10-12/h4-5,8-9,12H,3,6-7,10H2,1-2H3,(H,17,18)/b16-9-/t12-/m1/s1. The van der Waals surface area contributed by atoms with Crippen molar-refractivity contribution in [1.82, 2.24) is 5.43 Å². The van der Waals surface area contributed by atoms with Gasteiger partial charge in [-0.3, -0.25) is 4.79 Å². The number of nitrogens with zero attached hydrogens (tertiary/aromatic N) is 1. The molecule has 1 aliphatic rings. The first-order valence-corrected chi connectivity index (χ1v) is 9.11.